The number of amides is 10. The molecule has 0 aliphatic rings. The van der Waals surface area contributed by atoms with Gasteiger partial charge in [-0.1, -0.05) is 0 Å². The van der Waals surface area contributed by atoms with Crippen molar-refractivity contribution < 1.29 is 47.9 Å². The highest BCUT2D eigenvalue weighted by Crippen LogP contribution is 2.14. The Hall–Kier alpha value is -5.54. The van der Waals surface area contributed by atoms with Gasteiger partial charge in [0.25, 0.3) is 0 Å². The van der Waals surface area contributed by atoms with Gasteiger partial charge >= 0.3 is 0 Å². The Morgan fingerprint density at radius 1 is 0.316 bits per heavy atom. The maximum atomic E-state index is 14.2. The maximum Gasteiger partial charge on any atom is 0.245 e. The molecule has 0 saturated carbocycles. The first kappa shape index (κ1) is 70.5. The Kier molecular flexibility index (Phi) is 34.6. The summed E-state index contributed by atoms with van der Waals surface area (Å²) >= 11 is 0. The van der Waals surface area contributed by atoms with Gasteiger partial charge in [-0.3, -0.25) is 47.9 Å². The smallest absolute Gasteiger partial charge is 0.245 e. The van der Waals surface area contributed by atoms with E-state index in [0.29, 0.717) is 103 Å². The first-order valence-electron chi connectivity index (χ1n) is 26.9. The number of carbonyl (C=O) groups excluding carboxylic acids is 10. The van der Waals surface area contributed by atoms with Gasteiger partial charge in [-0.15, -0.1) is 0 Å². The van der Waals surface area contributed by atoms with Crippen molar-refractivity contribution >= 4 is 59.1 Å². The molecule has 76 heavy (non-hydrogen) atoms. The molecular weight excluding hydrogens is 985 g/mol. The summed E-state index contributed by atoms with van der Waals surface area (Å²) in [5.41, 5.74) is 35.0. The molecule has 0 unspecified atom stereocenters. The fourth-order valence-corrected chi connectivity index (χ4v) is 7.67. The summed E-state index contributed by atoms with van der Waals surface area (Å²) in [6, 6.07) is -6.86. The minimum Gasteiger partial charge on any atom is -0.368 e. The highest BCUT2D eigenvalue weighted by molar-refractivity contribution is 6.00. The summed E-state index contributed by atoms with van der Waals surface area (Å²) in [5, 5.41) is 24.2. The normalized spacial score (nSPS) is 14.1. The summed E-state index contributed by atoms with van der Waals surface area (Å²) < 4.78 is 0. The predicted octanol–water partition coefficient (Wildman–Crippen LogP) is -3.14. The van der Waals surface area contributed by atoms with E-state index < -0.39 is 112 Å². The third kappa shape index (κ3) is 28.0. The van der Waals surface area contributed by atoms with Gasteiger partial charge in [-0.25, -0.2) is 0 Å². The van der Waals surface area contributed by atoms with Crippen molar-refractivity contribution in [2.75, 3.05) is 39.3 Å². The van der Waals surface area contributed by atoms with Gasteiger partial charge in [0.15, 0.2) is 0 Å². The van der Waals surface area contributed by atoms with Crippen molar-refractivity contribution in [3.8, 4) is 0 Å². The zero-order chi connectivity index (χ0) is 58.1. The molecule has 26 nitrogen and oxygen atoms in total. The Bertz CT molecular complexity index is 1850. The molecule has 0 aliphatic heterocycles. The van der Waals surface area contributed by atoms with Crippen LogP contribution in [0.5, 0.6) is 0 Å². The minimum absolute atomic E-state index is 0.0782. The molecule has 0 spiro atoms. The van der Waals surface area contributed by atoms with Gasteiger partial charge in [0.1, 0.15) is 52.9 Å². The minimum atomic E-state index is -1.70. The Balaban J connectivity index is 6.59. The predicted molar refractivity (Wildman–Crippen MR) is 291 cm³/mol. The van der Waals surface area contributed by atoms with Crippen molar-refractivity contribution in [3.05, 3.63) is 0 Å². The van der Waals surface area contributed by atoms with E-state index >= 15 is 0 Å². The molecule has 0 aromatic heterocycles. The lowest BCUT2D eigenvalue weighted by Crippen LogP contribution is -2.64. The summed E-state index contributed by atoms with van der Waals surface area (Å²) in [4.78, 5) is 135. The van der Waals surface area contributed by atoms with Gasteiger partial charge in [0.05, 0.1) is 0 Å². The van der Waals surface area contributed by atoms with E-state index in [1.165, 1.54) is 48.5 Å². The maximum absolute atomic E-state index is 14.2. The number of primary amides is 1. The van der Waals surface area contributed by atoms with Gasteiger partial charge < -0.3 is 88.0 Å². The van der Waals surface area contributed by atoms with Crippen LogP contribution in [0.3, 0.4) is 0 Å². The zero-order valence-corrected chi connectivity index (χ0v) is 46.6. The number of carbonyl (C=O) groups is 10. The zero-order valence-electron chi connectivity index (χ0n) is 46.6. The molecule has 0 saturated heterocycles. The van der Waals surface area contributed by atoms with Gasteiger partial charge in [-0.05, 0) is 196 Å². The van der Waals surface area contributed by atoms with Crippen LogP contribution in [-0.4, -0.2) is 151 Å². The van der Waals surface area contributed by atoms with Crippen LogP contribution in [0.1, 0.15) is 164 Å². The van der Waals surface area contributed by atoms with Crippen LogP contribution in [0.2, 0.25) is 0 Å². The third-order valence-electron chi connectivity index (χ3n) is 12.6. The summed E-state index contributed by atoms with van der Waals surface area (Å²) in [5.74, 6) is -6.92. The first-order chi connectivity index (χ1) is 35.7. The lowest BCUT2D eigenvalue weighted by Gasteiger charge is -2.32. The first-order valence-corrected chi connectivity index (χ1v) is 26.9. The molecule has 0 aliphatic carbocycles. The second-order valence-electron chi connectivity index (χ2n) is 20.9. The SMILES string of the molecule is CC(=O)N[C@@H](CCCCN)C(=O)N[C@@H](CCCCN)C(=O)NC(C)(C)C(=O)N[C@@H](CCCCN)C(=O)N[C@@H](CCCCN)C(=O)NC(C)(C)C(=O)N[C@@H](CCCCN)C(=O)N[C@@H](CCCCN)C(=O)NC(C)(C)C(N)=O. The van der Waals surface area contributed by atoms with Crippen molar-refractivity contribution in [1.29, 1.82) is 0 Å². The number of hydrogen-bond donors (Lipinski definition) is 16. The number of rotatable bonds is 42. The van der Waals surface area contributed by atoms with E-state index in [1.54, 1.807) is 0 Å². The van der Waals surface area contributed by atoms with E-state index in [2.05, 4.69) is 47.9 Å². The van der Waals surface area contributed by atoms with E-state index in [0.717, 1.165) is 0 Å². The molecule has 0 heterocycles. The highest BCUT2D eigenvalue weighted by atomic mass is 16.2. The van der Waals surface area contributed by atoms with Crippen LogP contribution in [0.15, 0.2) is 0 Å². The second kappa shape index (κ2) is 37.3. The number of nitrogens with two attached hydrogens (primary N) is 7. The fourth-order valence-electron chi connectivity index (χ4n) is 7.67. The van der Waals surface area contributed by atoms with E-state index in [4.69, 9.17) is 40.1 Å². The quantitative estimate of drug-likeness (QED) is 0.0269. The van der Waals surface area contributed by atoms with Gasteiger partial charge in [-0.2, -0.15) is 0 Å². The molecule has 23 N–H and O–H groups in total. The van der Waals surface area contributed by atoms with Crippen molar-refractivity contribution in [2.45, 2.75) is 217 Å². The molecule has 0 fully saturated rings. The lowest BCUT2D eigenvalue weighted by atomic mass is 9.98. The highest BCUT2D eigenvalue weighted by Gasteiger charge is 2.39. The van der Waals surface area contributed by atoms with Gasteiger partial charge in [0, 0.05) is 6.92 Å². The molecular formula is C50H98N16O10. The molecule has 438 valence electrons. The fraction of sp³-hybridized carbons (Fsp3) is 0.800. The van der Waals surface area contributed by atoms with Gasteiger partial charge in [0.2, 0.25) is 59.1 Å². The topological polar surface area (TPSA) is 461 Å². The van der Waals surface area contributed by atoms with Crippen LogP contribution >= 0.6 is 0 Å². The number of unbranched alkanes of at least 4 members (excludes halogenated alkanes) is 6. The summed E-state index contributed by atoms with van der Waals surface area (Å²) in [6.45, 7) is 11.7. The lowest BCUT2D eigenvalue weighted by molar-refractivity contribution is -0.138. The molecule has 0 bridgehead atoms. The molecule has 0 radical (unpaired) electrons. The average molecular weight is 1080 g/mol. The molecule has 10 amide bonds. The largest absolute Gasteiger partial charge is 0.368 e. The number of hydrogen-bond acceptors (Lipinski definition) is 16. The molecule has 0 aromatic carbocycles. The van der Waals surface area contributed by atoms with E-state index in [9.17, 15) is 47.9 Å². The van der Waals surface area contributed by atoms with E-state index in [1.807, 2.05) is 0 Å². The van der Waals surface area contributed by atoms with Crippen LogP contribution in [0.25, 0.3) is 0 Å². The second-order valence-corrected chi connectivity index (χ2v) is 20.9. The number of nitrogens with one attached hydrogen (secondary N) is 9. The van der Waals surface area contributed by atoms with Crippen molar-refractivity contribution in [1.82, 2.24) is 47.9 Å². The molecule has 0 aromatic rings. The van der Waals surface area contributed by atoms with Crippen molar-refractivity contribution in [2.24, 2.45) is 40.1 Å². The molecule has 0 rings (SSSR count). The molecule has 26 heteroatoms. The van der Waals surface area contributed by atoms with E-state index in [-0.39, 0.29) is 51.6 Å². The van der Waals surface area contributed by atoms with Crippen LogP contribution in [-0.2, 0) is 47.9 Å². The third-order valence-corrected chi connectivity index (χ3v) is 12.6. The Morgan fingerprint density at radius 3 is 0.737 bits per heavy atom. The van der Waals surface area contributed by atoms with Crippen LogP contribution in [0.4, 0.5) is 0 Å². The van der Waals surface area contributed by atoms with Crippen molar-refractivity contribution in [3.63, 3.8) is 0 Å². The summed E-state index contributed by atoms with van der Waals surface area (Å²) in [6.07, 6.45) is 6.69. The monoisotopic (exact) mass is 1080 g/mol. The molecule has 6 atom stereocenters. The van der Waals surface area contributed by atoms with Crippen LogP contribution in [0, 0.1) is 0 Å². The standard InChI is InChI=1S/C50H98N16O10/c1-32(67)58-33(20-8-14-26-51)39(68)59-37(24-12-18-30-55)43(72)65-49(4,5)46(75)63-35(22-10-16-28-53)41(70)61-38(25-13-19-31-56)44(73)66-50(6,7)47(76)62-34(21-9-15-27-52)40(69)60-36(23-11-17-29-54)42(71)64-48(2,3)45(57)74/h33-38H,8-31,51-56H2,1-7H3,(H2,57,74)(H,58,67)(H,59,68)(H,60,69)(H,61,70)(H,62,76)(H,63,75)(H,64,71)(H,65,72)(H,66,73)/t33-,34-,35-,36-,37-,38-/m0/s1. The van der Waals surface area contributed by atoms with Crippen LogP contribution < -0.4 is 88.0 Å². The Morgan fingerprint density at radius 2 is 0.526 bits per heavy atom. The average Bonchev–Trinajstić information content (AvgIpc) is 3.33. The Labute approximate surface area is 450 Å². The summed E-state index contributed by atoms with van der Waals surface area (Å²) in [7, 11) is 0.